The van der Waals surface area contributed by atoms with Gasteiger partial charge in [-0.25, -0.2) is 0 Å². The van der Waals surface area contributed by atoms with Crippen LogP contribution >= 0.6 is 0 Å². The number of hydrogen-bond acceptors (Lipinski definition) is 2. The summed E-state index contributed by atoms with van der Waals surface area (Å²) in [5.41, 5.74) is 3.33. The summed E-state index contributed by atoms with van der Waals surface area (Å²) in [5.74, 6) is 1.14. The molecule has 0 fully saturated rings. The van der Waals surface area contributed by atoms with E-state index in [1.165, 1.54) is 11.1 Å². The number of benzene rings is 2. The zero-order valence-electron chi connectivity index (χ0n) is 13.4. The molecule has 1 N–H and O–H groups in total. The third-order valence-corrected chi connectivity index (χ3v) is 3.61. The molecule has 0 aliphatic rings. The van der Waals surface area contributed by atoms with E-state index in [1.54, 1.807) is 7.11 Å². The topological polar surface area (TPSA) is 38.3 Å². The number of hydrogen-bond donors (Lipinski definition) is 1. The van der Waals surface area contributed by atoms with Crippen LogP contribution in [0.2, 0.25) is 0 Å². The number of rotatable bonds is 6. The van der Waals surface area contributed by atoms with Crippen molar-refractivity contribution in [2.75, 3.05) is 12.4 Å². The molecule has 0 saturated carbocycles. The van der Waals surface area contributed by atoms with Crippen molar-refractivity contribution in [2.45, 2.75) is 26.7 Å². The van der Waals surface area contributed by atoms with Crippen LogP contribution in [-0.4, -0.2) is 13.0 Å². The van der Waals surface area contributed by atoms with E-state index >= 15 is 0 Å². The van der Waals surface area contributed by atoms with Crippen LogP contribution in [0.15, 0.2) is 48.5 Å². The summed E-state index contributed by atoms with van der Waals surface area (Å²) in [7, 11) is 1.63. The zero-order valence-corrected chi connectivity index (χ0v) is 13.4. The minimum absolute atomic E-state index is 0.0461. The molecule has 22 heavy (non-hydrogen) atoms. The van der Waals surface area contributed by atoms with Crippen LogP contribution < -0.4 is 10.1 Å². The monoisotopic (exact) mass is 297 g/mol. The van der Waals surface area contributed by atoms with Gasteiger partial charge in [0.15, 0.2) is 0 Å². The first-order valence-electron chi connectivity index (χ1n) is 7.56. The van der Waals surface area contributed by atoms with E-state index < -0.39 is 0 Å². The van der Waals surface area contributed by atoms with Crippen molar-refractivity contribution in [1.82, 2.24) is 0 Å². The molecule has 0 aliphatic heterocycles. The van der Waals surface area contributed by atoms with Gasteiger partial charge in [0.1, 0.15) is 5.75 Å². The lowest BCUT2D eigenvalue weighted by molar-refractivity contribution is -0.116. The van der Waals surface area contributed by atoms with E-state index in [4.69, 9.17) is 4.74 Å². The second-order valence-electron chi connectivity index (χ2n) is 5.78. The molecule has 1 unspecified atom stereocenters. The van der Waals surface area contributed by atoms with Gasteiger partial charge in [0.2, 0.25) is 5.91 Å². The zero-order chi connectivity index (χ0) is 15.9. The van der Waals surface area contributed by atoms with E-state index in [9.17, 15) is 4.79 Å². The summed E-state index contributed by atoms with van der Waals surface area (Å²) < 4.78 is 5.10. The highest BCUT2D eigenvalue weighted by Gasteiger charge is 2.10. The van der Waals surface area contributed by atoms with Gasteiger partial charge >= 0.3 is 0 Å². The third kappa shape index (κ3) is 4.92. The average molecular weight is 297 g/mol. The minimum Gasteiger partial charge on any atom is -0.497 e. The molecule has 2 aromatic carbocycles. The Hall–Kier alpha value is -2.29. The van der Waals surface area contributed by atoms with Crippen LogP contribution in [0.3, 0.4) is 0 Å². The van der Waals surface area contributed by atoms with E-state index in [0.29, 0.717) is 12.3 Å². The van der Waals surface area contributed by atoms with Gasteiger partial charge in [0.05, 0.1) is 7.11 Å². The standard InChI is InChI=1S/C19H23NO2/c1-14-4-6-16(7-5-14)12-15(2)13-19(21)20-17-8-10-18(22-3)11-9-17/h4-11,15H,12-13H2,1-3H3,(H,20,21). The maximum absolute atomic E-state index is 12.1. The molecule has 0 aromatic heterocycles. The molecule has 3 nitrogen and oxygen atoms in total. The highest BCUT2D eigenvalue weighted by Crippen LogP contribution is 2.17. The Kier molecular flexibility index (Phi) is 5.59. The summed E-state index contributed by atoms with van der Waals surface area (Å²) in [6.45, 7) is 4.18. The number of amides is 1. The number of carbonyl (C=O) groups excluding carboxylic acids is 1. The van der Waals surface area contributed by atoms with Crippen LogP contribution in [0.5, 0.6) is 5.75 Å². The summed E-state index contributed by atoms with van der Waals surface area (Å²) in [4.78, 5) is 12.1. The number of methoxy groups -OCH3 is 1. The summed E-state index contributed by atoms with van der Waals surface area (Å²) >= 11 is 0. The van der Waals surface area contributed by atoms with E-state index in [1.807, 2.05) is 24.3 Å². The number of nitrogens with one attached hydrogen (secondary N) is 1. The van der Waals surface area contributed by atoms with Crippen LogP contribution in [0.4, 0.5) is 5.69 Å². The number of aryl methyl sites for hydroxylation is 1. The smallest absolute Gasteiger partial charge is 0.224 e. The summed E-state index contributed by atoms with van der Waals surface area (Å²) in [5, 5.41) is 2.92. The van der Waals surface area contributed by atoms with Crippen LogP contribution in [-0.2, 0) is 11.2 Å². The fraction of sp³-hybridized carbons (Fsp3) is 0.316. The Labute approximate surface area is 132 Å². The Balaban J connectivity index is 1.83. The van der Waals surface area contributed by atoms with Crippen LogP contribution in [0.1, 0.15) is 24.5 Å². The lowest BCUT2D eigenvalue weighted by Crippen LogP contribution is -2.16. The first kappa shape index (κ1) is 16.1. The second-order valence-corrected chi connectivity index (χ2v) is 5.78. The molecule has 1 amide bonds. The van der Waals surface area contributed by atoms with Crippen LogP contribution in [0, 0.1) is 12.8 Å². The molecule has 2 rings (SSSR count). The molecular formula is C19H23NO2. The fourth-order valence-corrected chi connectivity index (χ4v) is 2.40. The first-order chi connectivity index (χ1) is 10.6. The van der Waals surface area contributed by atoms with Crippen LogP contribution in [0.25, 0.3) is 0 Å². The molecule has 2 aromatic rings. The van der Waals surface area contributed by atoms with Gasteiger partial charge < -0.3 is 10.1 Å². The predicted octanol–water partition coefficient (Wildman–Crippen LogP) is 4.21. The molecule has 0 spiro atoms. The molecule has 0 bridgehead atoms. The lowest BCUT2D eigenvalue weighted by Gasteiger charge is -2.12. The van der Waals surface area contributed by atoms with Crippen molar-refractivity contribution in [1.29, 1.82) is 0 Å². The van der Waals surface area contributed by atoms with Crippen molar-refractivity contribution in [2.24, 2.45) is 5.92 Å². The van der Waals surface area contributed by atoms with E-state index in [0.717, 1.165) is 17.9 Å². The van der Waals surface area contributed by atoms with E-state index in [-0.39, 0.29) is 5.91 Å². The van der Waals surface area contributed by atoms with Gasteiger partial charge in [-0.1, -0.05) is 36.8 Å². The predicted molar refractivity (Wildman–Crippen MR) is 90.3 cm³/mol. The molecule has 0 radical (unpaired) electrons. The molecule has 0 heterocycles. The Morgan fingerprint density at radius 1 is 1.09 bits per heavy atom. The van der Waals surface area contributed by atoms with Gasteiger partial charge in [0.25, 0.3) is 0 Å². The van der Waals surface area contributed by atoms with Crippen molar-refractivity contribution in [3.05, 3.63) is 59.7 Å². The molecule has 116 valence electrons. The summed E-state index contributed by atoms with van der Waals surface area (Å²) in [6, 6.07) is 15.9. The summed E-state index contributed by atoms with van der Waals surface area (Å²) in [6.07, 6.45) is 1.43. The van der Waals surface area contributed by atoms with Crippen molar-refractivity contribution >= 4 is 11.6 Å². The fourth-order valence-electron chi connectivity index (χ4n) is 2.40. The van der Waals surface area contributed by atoms with Crippen molar-refractivity contribution in [3.63, 3.8) is 0 Å². The van der Waals surface area contributed by atoms with Crippen molar-refractivity contribution < 1.29 is 9.53 Å². The number of anilines is 1. The van der Waals surface area contributed by atoms with Gasteiger partial charge in [-0.15, -0.1) is 0 Å². The van der Waals surface area contributed by atoms with Crippen molar-refractivity contribution in [3.8, 4) is 5.75 Å². The van der Waals surface area contributed by atoms with Gasteiger partial charge in [-0.2, -0.15) is 0 Å². The number of carbonyl (C=O) groups is 1. The van der Waals surface area contributed by atoms with Gasteiger partial charge in [-0.05, 0) is 49.1 Å². The second kappa shape index (κ2) is 7.64. The Morgan fingerprint density at radius 3 is 2.32 bits per heavy atom. The molecule has 0 aliphatic carbocycles. The molecule has 3 heteroatoms. The first-order valence-corrected chi connectivity index (χ1v) is 7.56. The van der Waals surface area contributed by atoms with E-state index in [2.05, 4.69) is 43.4 Å². The van der Waals surface area contributed by atoms with Gasteiger partial charge in [0, 0.05) is 12.1 Å². The SMILES string of the molecule is COc1ccc(NC(=O)CC(C)Cc2ccc(C)cc2)cc1. The maximum atomic E-state index is 12.1. The highest BCUT2D eigenvalue weighted by atomic mass is 16.5. The number of ether oxygens (including phenoxy) is 1. The average Bonchev–Trinajstić information content (AvgIpc) is 2.50. The Bertz CT molecular complexity index is 602. The third-order valence-electron chi connectivity index (χ3n) is 3.61. The lowest BCUT2D eigenvalue weighted by atomic mass is 9.97. The largest absolute Gasteiger partial charge is 0.497 e. The highest BCUT2D eigenvalue weighted by molar-refractivity contribution is 5.90. The van der Waals surface area contributed by atoms with Gasteiger partial charge in [-0.3, -0.25) is 4.79 Å². The molecule has 1 atom stereocenters. The molecule has 0 saturated heterocycles. The normalized spacial score (nSPS) is 11.8. The molecular weight excluding hydrogens is 274 g/mol. The quantitative estimate of drug-likeness (QED) is 0.867. The minimum atomic E-state index is 0.0461. The Morgan fingerprint density at radius 2 is 1.73 bits per heavy atom. The maximum Gasteiger partial charge on any atom is 0.224 e.